The van der Waals surface area contributed by atoms with Crippen molar-refractivity contribution in [2.24, 2.45) is 0 Å². The van der Waals surface area contributed by atoms with Crippen LogP contribution >= 0.6 is 0 Å². The summed E-state index contributed by atoms with van der Waals surface area (Å²) in [5.41, 5.74) is 0. The van der Waals surface area contributed by atoms with Crippen molar-refractivity contribution in [1.82, 2.24) is 0 Å². The van der Waals surface area contributed by atoms with E-state index in [1.165, 1.54) is 0 Å². The minimum absolute atomic E-state index is 0.297. The van der Waals surface area contributed by atoms with E-state index in [1.807, 2.05) is 13.0 Å². The number of allylic oxidation sites excluding steroid dienone is 2. The van der Waals surface area contributed by atoms with Gasteiger partial charge >= 0.3 is 0 Å². The quantitative estimate of drug-likeness (QED) is 0.583. The first kappa shape index (κ1) is 7.32. The van der Waals surface area contributed by atoms with E-state index in [4.69, 9.17) is 4.74 Å². The fourth-order valence-electron chi connectivity index (χ4n) is 1.04. The fourth-order valence-corrected chi connectivity index (χ4v) is 1.04. The van der Waals surface area contributed by atoms with Gasteiger partial charge < -0.3 is 4.74 Å². The number of hydrogen-bond acceptors (Lipinski definition) is 2. The van der Waals surface area contributed by atoms with Gasteiger partial charge in [0.15, 0.2) is 0 Å². The number of ketones is 1. The first-order valence-corrected chi connectivity index (χ1v) is 3.66. The molecular weight excluding hydrogens is 128 g/mol. The molecule has 0 unspecified atom stereocenters. The Labute approximate surface area is 60.9 Å². The van der Waals surface area contributed by atoms with Gasteiger partial charge in [-0.15, -0.1) is 0 Å². The summed E-state index contributed by atoms with van der Waals surface area (Å²) in [6, 6.07) is 0. The predicted molar refractivity (Wildman–Crippen MR) is 38.6 cm³/mol. The van der Waals surface area contributed by atoms with E-state index in [1.54, 1.807) is 0 Å². The van der Waals surface area contributed by atoms with Crippen molar-refractivity contribution < 1.29 is 9.53 Å². The van der Waals surface area contributed by atoms with Gasteiger partial charge in [-0.3, -0.25) is 4.79 Å². The largest absolute Gasteiger partial charge is 0.498 e. The van der Waals surface area contributed by atoms with Gasteiger partial charge in [0, 0.05) is 6.42 Å². The summed E-state index contributed by atoms with van der Waals surface area (Å²) < 4.78 is 5.19. The van der Waals surface area contributed by atoms with Crippen LogP contribution in [0.1, 0.15) is 26.2 Å². The molecule has 10 heavy (non-hydrogen) atoms. The van der Waals surface area contributed by atoms with E-state index in [9.17, 15) is 4.79 Å². The zero-order chi connectivity index (χ0) is 7.40. The molecule has 0 N–H and O–H groups in total. The summed E-state index contributed by atoms with van der Waals surface area (Å²) in [5.74, 6) is 1.16. The highest BCUT2D eigenvalue weighted by Crippen LogP contribution is 2.14. The van der Waals surface area contributed by atoms with Crippen LogP contribution in [0, 0.1) is 0 Å². The Morgan fingerprint density at radius 3 is 3.10 bits per heavy atom. The molecule has 0 saturated heterocycles. The average Bonchev–Trinajstić information content (AvgIpc) is 1.88. The molecule has 0 amide bonds. The molecule has 2 nitrogen and oxygen atoms in total. The van der Waals surface area contributed by atoms with Crippen molar-refractivity contribution in [2.75, 3.05) is 6.61 Å². The van der Waals surface area contributed by atoms with Crippen LogP contribution in [0.25, 0.3) is 0 Å². The van der Waals surface area contributed by atoms with Crippen LogP contribution in [-0.2, 0) is 9.53 Å². The van der Waals surface area contributed by atoms with E-state index < -0.39 is 0 Å². The monoisotopic (exact) mass is 140 g/mol. The van der Waals surface area contributed by atoms with Crippen molar-refractivity contribution in [3.05, 3.63) is 11.8 Å². The van der Waals surface area contributed by atoms with Gasteiger partial charge in [0.25, 0.3) is 0 Å². The molecule has 1 aliphatic rings. The number of carbonyl (C=O) groups excluding carboxylic acids is 1. The highest BCUT2D eigenvalue weighted by molar-refractivity contribution is 5.81. The lowest BCUT2D eigenvalue weighted by molar-refractivity contribution is -0.119. The average molecular weight is 140 g/mol. The molecule has 0 fully saturated rings. The Morgan fingerprint density at radius 1 is 1.70 bits per heavy atom. The second-order valence-electron chi connectivity index (χ2n) is 2.36. The van der Waals surface area contributed by atoms with Crippen molar-refractivity contribution in [3.8, 4) is 0 Å². The molecule has 0 saturated carbocycles. The van der Waals surface area contributed by atoms with Crippen LogP contribution in [0.15, 0.2) is 11.8 Å². The van der Waals surface area contributed by atoms with Gasteiger partial charge in [-0.1, -0.05) is 0 Å². The van der Waals surface area contributed by atoms with Crippen LogP contribution in [0.2, 0.25) is 0 Å². The van der Waals surface area contributed by atoms with E-state index in [0.29, 0.717) is 25.2 Å². The molecule has 0 aromatic heterocycles. The third-order valence-corrected chi connectivity index (χ3v) is 1.50. The molecule has 0 atom stereocenters. The van der Waals surface area contributed by atoms with Crippen molar-refractivity contribution in [2.45, 2.75) is 26.2 Å². The zero-order valence-electron chi connectivity index (χ0n) is 6.22. The van der Waals surface area contributed by atoms with Crippen molar-refractivity contribution >= 4 is 5.78 Å². The van der Waals surface area contributed by atoms with Crippen LogP contribution in [0.3, 0.4) is 0 Å². The highest BCUT2D eigenvalue weighted by Gasteiger charge is 2.10. The third-order valence-electron chi connectivity index (χ3n) is 1.50. The summed E-state index contributed by atoms with van der Waals surface area (Å²) in [4.78, 5) is 10.8. The maximum atomic E-state index is 10.8. The van der Waals surface area contributed by atoms with Crippen molar-refractivity contribution in [1.29, 1.82) is 0 Å². The summed E-state index contributed by atoms with van der Waals surface area (Å²) in [6.07, 6.45) is 4.06. The molecule has 0 radical (unpaired) electrons. The van der Waals surface area contributed by atoms with Gasteiger partial charge in [0.1, 0.15) is 5.78 Å². The van der Waals surface area contributed by atoms with Gasteiger partial charge in [-0.05, 0) is 19.4 Å². The molecule has 0 aromatic rings. The van der Waals surface area contributed by atoms with E-state index in [-0.39, 0.29) is 0 Å². The normalized spacial score (nSPS) is 18.5. The smallest absolute Gasteiger partial charge is 0.140 e. The molecule has 56 valence electrons. The number of Topliss-reactive ketones (excluding diaryl/α,β-unsaturated/α-hetero) is 1. The second kappa shape index (κ2) is 3.40. The molecule has 0 aromatic carbocycles. The third kappa shape index (κ3) is 1.87. The first-order chi connectivity index (χ1) is 4.83. The Balaban J connectivity index is 2.43. The molecule has 1 rings (SSSR count). The lowest BCUT2D eigenvalue weighted by atomic mass is 10.1. The lowest BCUT2D eigenvalue weighted by Gasteiger charge is -2.11. The van der Waals surface area contributed by atoms with Crippen molar-refractivity contribution in [3.63, 3.8) is 0 Å². The number of rotatable bonds is 2. The molecule has 0 spiro atoms. The first-order valence-electron chi connectivity index (χ1n) is 3.66. The fraction of sp³-hybridized carbons (Fsp3) is 0.625. The van der Waals surface area contributed by atoms with Crippen LogP contribution < -0.4 is 0 Å². The van der Waals surface area contributed by atoms with Gasteiger partial charge in [-0.2, -0.15) is 0 Å². The molecule has 0 aliphatic heterocycles. The maximum absolute atomic E-state index is 10.8. The minimum atomic E-state index is 0.297. The van der Waals surface area contributed by atoms with Crippen LogP contribution in [0.5, 0.6) is 0 Å². The van der Waals surface area contributed by atoms with E-state index in [2.05, 4.69) is 0 Å². The van der Waals surface area contributed by atoms with E-state index >= 15 is 0 Å². The van der Waals surface area contributed by atoms with Gasteiger partial charge in [0.2, 0.25) is 0 Å². The topological polar surface area (TPSA) is 26.3 Å². The lowest BCUT2D eigenvalue weighted by Crippen LogP contribution is -2.06. The van der Waals surface area contributed by atoms with Crippen LogP contribution in [-0.4, -0.2) is 12.4 Å². The zero-order valence-corrected chi connectivity index (χ0v) is 6.22. The Morgan fingerprint density at radius 2 is 2.50 bits per heavy atom. The standard InChI is InChI=1S/C8H12O2/c1-2-10-8-5-3-4-7(9)6-8/h5H,2-4,6H2,1H3. The summed E-state index contributed by atoms with van der Waals surface area (Å²) in [6.45, 7) is 2.60. The second-order valence-corrected chi connectivity index (χ2v) is 2.36. The Kier molecular flexibility index (Phi) is 2.49. The molecular formula is C8H12O2. The number of carbonyl (C=O) groups is 1. The Bertz CT molecular complexity index is 159. The summed E-state index contributed by atoms with van der Waals surface area (Å²) >= 11 is 0. The summed E-state index contributed by atoms with van der Waals surface area (Å²) in [7, 11) is 0. The Hall–Kier alpha value is -0.790. The predicted octanol–water partition coefficient (Wildman–Crippen LogP) is 1.66. The molecule has 2 heteroatoms. The minimum Gasteiger partial charge on any atom is -0.498 e. The maximum Gasteiger partial charge on any atom is 0.140 e. The highest BCUT2D eigenvalue weighted by atomic mass is 16.5. The molecule has 0 bridgehead atoms. The number of ether oxygens (including phenoxy) is 1. The van der Waals surface area contributed by atoms with Gasteiger partial charge in [-0.25, -0.2) is 0 Å². The number of hydrogen-bond donors (Lipinski definition) is 0. The van der Waals surface area contributed by atoms with Gasteiger partial charge in [0.05, 0.1) is 18.8 Å². The molecule has 0 heterocycles. The SMILES string of the molecule is CCOC1=CCCC(=O)C1. The molecule has 1 aliphatic carbocycles. The van der Waals surface area contributed by atoms with Crippen LogP contribution in [0.4, 0.5) is 0 Å². The summed E-state index contributed by atoms with van der Waals surface area (Å²) in [5, 5.41) is 0. The van der Waals surface area contributed by atoms with E-state index in [0.717, 1.165) is 12.2 Å².